The second kappa shape index (κ2) is 6.27. The van der Waals surface area contributed by atoms with Gasteiger partial charge in [-0.1, -0.05) is 19.3 Å². The van der Waals surface area contributed by atoms with Crippen LogP contribution in [0.2, 0.25) is 0 Å². The van der Waals surface area contributed by atoms with E-state index in [2.05, 4.69) is 15.4 Å². The van der Waals surface area contributed by atoms with Crippen LogP contribution in [0, 0.1) is 0 Å². The number of aromatic nitrogens is 3. The molecule has 1 fully saturated rings. The second-order valence-electron chi connectivity index (χ2n) is 5.95. The summed E-state index contributed by atoms with van der Waals surface area (Å²) in [5, 5.41) is 7.17. The molecule has 0 aliphatic heterocycles. The van der Waals surface area contributed by atoms with Crippen molar-refractivity contribution in [3.63, 3.8) is 0 Å². The van der Waals surface area contributed by atoms with Gasteiger partial charge in [-0.25, -0.2) is 0 Å². The number of carbonyl (C=O) groups is 1. The van der Waals surface area contributed by atoms with Crippen LogP contribution in [0.25, 0.3) is 0 Å². The average Bonchev–Trinajstić information content (AvgIpc) is 2.96. The normalized spacial score (nSPS) is 17.1. The summed E-state index contributed by atoms with van der Waals surface area (Å²) in [6, 6.07) is 3.88. The van der Waals surface area contributed by atoms with E-state index in [1.54, 1.807) is 23.3 Å². The highest BCUT2D eigenvalue weighted by atomic mass is 16.2. The molecule has 22 heavy (non-hydrogen) atoms. The Morgan fingerprint density at radius 2 is 2.00 bits per heavy atom. The fourth-order valence-corrected chi connectivity index (χ4v) is 2.86. The summed E-state index contributed by atoms with van der Waals surface area (Å²) in [5.41, 5.74) is 7.30. The molecule has 0 aromatic carbocycles. The van der Waals surface area contributed by atoms with E-state index in [4.69, 9.17) is 5.73 Å². The third kappa shape index (κ3) is 3.33. The Kier molecular flexibility index (Phi) is 4.20. The van der Waals surface area contributed by atoms with Gasteiger partial charge >= 0.3 is 0 Å². The molecule has 3 rings (SSSR count). The molecule has 2 aromatic rings. The van der Waals surface area contributed by atoms with E-state index in [1.807, 2.05) is 18.3 Å². The molecule has 1 saturated carbocycles. The van der Waals surface area contributed by atoms with Gasteiger partial charge in [0.25, 0.3) is 0 Å². The van der Waals surface area contributed by atoms with Gasteiger partial charge in [0.15, 0.2) is 0 Å². The monoisotopic (exact) mass is 299 g/mol. The Labute approximate surface area is 129 Å². The highest BCUT2D eigenvalue weighted by Gasteiger charge is 2.35. The number of nitrogens with two attached hydrogens (primary N) is 1. The topological polar surface area (TPSA) is 85.8 Å². The molecule has 0 bridgehead atoms. The largest absolute Gasteiger partial charge is 0.322 e. The van der Waals surface area contributed by atoms with E-state index in [9.17, 15) is 4.79 Å². The average molecular weight is 299 g/mol. The Hall–Kier alpha value is -2.21. The molecule has 6 nitrogen and oxygen atoms in total. The molecule has 0 unspecified atom stereocenters. The van der Waals surface area contributed by atoms with Crippen LogP contribution in [-0.2, 0) is 11.3 Å². The van der Waals surface area contributed by atoms with Gasteiger partial charge in [0.05, 0.1) is 24.0 Å². The lowest BCUT2D eigenvalue weighted by molar-refractivity contribution is -0.122. The summed E-state index contributed by atoms with van der Waals surface area (Å²) >= 11 is 0. The number of nitrogens with zero attached hydrogens (tertiary/aromatic N) is 3. The number of anilines is 1. The van der Waals surface area contributed by atoms with Crippen molar-refractivity contribution in [1.29, 1.82) is 0 Å². The number of rotatable bonds is 4. The van der Waals surface area contributed by atoms with Gasteiger partial charge in [-0.3, -0.25) is 14.5 Å². The van der Waals surface area contributed by atoms with Crippen LogP contribution in [0.3, 0.4) is 0 Å². The molecule has 1 aliphatic carbocycles. The SMILES string of the molecule is NC1(C(=O)Nc2cnn(Cc3ccncc3)c2)CCCCC1. The van der Waals surface area contributed by atoms with E-state index in [0.717, 1.165) is 37.7 Å². The molecule has 2 aromatic heterocycles. The molecule has 0 saturated heterocycles. The number of carbonyl (C=O) groups excluding carboxylic acids is 1. The van der Waals surface area contributed by atoms with Gasteiger partial charge in [0.2, 0.25) is 5.91 Å². The molecular weight excluding hydrogens is 278 g/mol. The molecule has 0 radical (unpaired) electrons. The molecule has 1 aliphatic rings. The zero-order valence-electron chi connectivity index (χ0n) is 12.5. The van der Waals surface area contributed by atoms with E-state index in [1.165, 1.54) is 0 Å². The fraction of sp³-hybridized carbons (Fsp3) is 0.438. The molecular formula is C16H21N5O. The van der Waals surface area contributed by atoms with Crippen molar-refractivity contribution < 1.29 is 4.79 Å². The first kappa shape index (κ1) is 14.7. The summed E-state index contributed by atoms with van der Waals surface area (Å²) < 4.78 is 1.79. The first-order valence-corrected chi connectivity index (χ1v) is 7.67. The van der Waals surface area contributed by atoms with Crippen LogP contribution < -0.4 is 11.1 Å². The Morgan fingerprint density at radius 1 is 1.27 bits per heavy atom. The van der Waals surface area contributed by atoms with Gasteiger partial charge in [-0.05, 0) is 30.5 Å². The van der Waals surface area contributed by atoms with Crippen LogP contribution in [0.5, 0.6) is 0 Å². The molecule has 1 amide bonds. The van der Waals surface area contributed by atoms with Crippen LogP contribution in [0.1, 0.15) is 37.7 Å². The number of hydrogen-bond acceptors (Lipinski definition) is 4. The summed E-state index contributed by atoms with van der Waals surface area (Å²) in [6.45, 7) is 0.645. The van der Waals surface area contributed by atoms with E-state index in [0.29, 0.717) is 12.2 Å². The summed E-state index contributed by atoms with van der Waals surface area (Å²) in [7, 11) is 0. The molecule has 2 heterocycles. The van der Waals surface area contributed by atoms with Crippen molar-refractivity contribution in [1.82, 2.24) is 14.8 Å². The summed E-state index contributed by atoms with van der Waals surface area (Å²) in [4.78, 5) is 16.4. The van der Waals surface area contributed by atoms with Crippen molar-refractivity contribution in [3.8, 4) is 0 Å². The smallest absolute Gasteiger partial charge is 0.244 e. The minimum absolute atomic E-state index is 0.101. The van der Waals surface area contributed by atoms with Crippen LogP contribution in [0.15, 0.2) is 36.9 Å². The Bertz CT molecular complexity index is 631. The molecule has 116 valence electrons. The minimum Gasteiger partial charge on any atom is -0.322 e. The number of amides is 1. The summed E-state index contributed by atoms with van der Waals surface area (Å²) in [5.74, 6) is -0.101. The lowest BCUT2D eigenvalue weighted by Crippen LogP contribution is -2.52. The first-order valence-electron chi connectivity index (χ1n) is 7.67. The standard InChI is InChI=1S/C16H21N5O/c17-16(6-2-1-3-7-16)15(22)20-14-10-19-21(12-14)11-13-4-8-18-9-5-13/h4-5,8-10,12H,1-3,6-7,11,17H2,(H,20,22). The third-order valence-electron chi connectivity index (χ3n) is 4.18. The maximum Gasteiger partial charge on any atom is 0.244 e. The predicted molar refractivity (Wildman–Crippen MR) is 84.2 cm³/mol. The zero-order chi connectivity index (χ0) is 15.4. The number of pyridine rings is 1. The van der Waals surface area contributed by atoms with Gasteiger partial charge in [-0.2, -0.15) is 5.10 Å². The Balaban J connectivity index is 1.63. The van der Waals surface area contributed by atoms with Gasteiger partial charge in [0, 0.05) is 18.6 Å². The fourth-order valence-electron chi connectivity index (χ4n) is 2.86. The lowest BCUT2D eigenvalue weighted by Gasteiger charge is -2.31. The second-order valence-corrected chi connectivity index (χ2v) is 5.95. The highest BCUT2D eigenvalue weighted by molar-refractivity contribution is 5.97. The molecule has 0 atom stereocenters. The van der Waals surface area contributed by atoms with Crippen LogP contribution in [0.4, 0.5) is 5.69 Å². The molecule has 3 N–H and O–H groups in total. The molecule has 6 heteroatoms. The quantitative estimate of drug-likeness (QED) is 0.903. The predicted octanol–water partition coefficient (Wildman–Crippen LogP) is 1.93. The van der Waals surface area contributed by atoms with E-state index < -0.39 is 5.54 Å². The van der Waals surface area contributed by atoms with Crippen molar-refractivity contribution in [3.05, 3.63) is 42.5 Å². The first-order chi connectivity index (χ1) is 10.7. The van der Waals surface area contributed by atoms with Gasteiger partial charge in [-0.15, -0.1) is 0 Å². The maximum absolute atomic E-state index is 12.4. The number of nitrogens with one attached hydrogen (secondary N) is 1. The number of hydrogen-bond donors (Lipinski definition) is 2. The van der Waals surface area contributed by atoms with Crippen LogP contribution >= 0.6 is 0 Å². The van der Waals surface area contributed by atoms with E-state index in [-0.39, 0.29) is 5.91 Å². The third-order valence-corrected chi connectivity index (χ3v) is 4.18. The van der Waals surface area contributed by atoms with Crippen molar-refractivity contribution in [2.45, 2.75) is 44.2 Å². The zero-order valence-corrected chi connectivity index (χ0v) is 12.5. The van der Waals surface area contributed by atoms with E-state index >= 15 is 0 Å². The van der Waals surface area contributed by atoms with Gasteiger partial charge in [0.1, 0.15) is 0 Å². The van der Waals surface area contributed by atoms with Crippen LogP contribution in [-0.4, -0.2) is 26.2 Å². The Morgan fingerprint density at radius 3 is 2.73 bits per heavy atom. The highest BCUT2D eigenvalue weighted by Crippen LogP contribution is 2.27. The molecule has 0 spiro atoms. The van der Waals surface area contributed by atoms with Gasteiger partial charge < -0.3 is 11.1 Å². The minimum atomic E-state index is -0.731. The van der Waals surface area contributed by atoms with Crippen molar-refractivity contribution in [2.75, 3.05) is 5.32 Å². The van der Waals surface area contributed by atoms with Crippen molar-refractivity contribution >= 4 is 11.6 Å². The summed E-state index contributed by atoms with van der Waals surface area (Å²) in [6.07, 6.45) is 11.7. The lowest BCUT2D eigenvalue weighted by atomic mass is 9.82. The maximum atomic E-state index is 12.4. The van der Waals surface area contributed by atoms with Crippen molar-refractivity contribution in [2.24, 2.45) is 5.73 Å².